The summed E-state index contributed by atoms with van der Waals surface area (Å²) in [5.74, 6) is -0.425. The lowest BCUT2D eigenvalue weighted by Crippen LogP contribution is -2.21. The van der Waals surface area contributed by atoms with Gasteiger partial charge in [0.1, 0.15) is 6.29 Å². The first-order valence-corrected chi connectivity index (χ1v) is 6.83. The quantitative estimate of drug-likeness (QED) is 0.514. The van der Waals surface area contributed by atoms with Gasteiger partial charge in [-0.25, -0.2) is 0 Å². The van der Waals surface area contributed by atoms with Gasteiger partial charge in [0.15, 0.2) is 0 Å². The Kier molecular flexibility index (Phi) is 7.58. The smallest absolute Gasteiger partial charge is 0.308 e. The van der Waals surface area contributed by atoms with Crippen molar-refractivity contribution in [2.24, 2.45) is 5.92 Å². The molecule has 4 nitrogen and oxygen atoms in total. The summed E-state index contributed by atoms with van der Waals surface area (Å²) in [4.78, 5) is 22.6. The van der Waals surface area contributed by atoms with E-state index < -0.39 is 0 Å². The van der Waals surface area contributed by atoms with Crippen molar-refractivity contribution < 1.29 is 19.1 Å². The Bertz CT molecular complexity index is 402. The highest BCUT2D eigenvalue weighted by Gasteiger charge is 2.16. The van der Waals surface area contributed by atoms with Crippen molar-refractivity contribution in [2.45, 2.75) is 32.3 Å². The Labute approximate surface area is 120 Å². The minimum atomic E-state index is -0.288. The third-order valence-corrected chi connectivity index (χ3v) is 3.01. The standard InChI is InChI=1S/C16H22O4/c1-13(20-16(18)8-9-19-2)10-15(12-17)11-14-6-4-3-5-7-14/h3-7,12-13,15H,8-11H2,1-2H3. The fraction of sp³-hybridized carbons (Fsp3) is 0.500. The van der Waals surface area contributed by atoms with Crippen molar-refractivity contribution >= 4 is 12.3 Å². The number of hydrogen-bond donors (Lipinski definition) is 0. The van der Waals surface area contributed by atoms with Gasteiger partial charge in [0.2, 0.25) is 0 Å². The van der Waals surface area contributed by atoms with Gasteiger partial charge in [0, 0.05) is 13.0 Å². The molecule has 0 aromatic heterocycles. The maximum Gasteiger partial charge on any atom is 0.308 e. The Balaban J connectivity index is 2.39. The van der Waals surface area contributed by atoms with E-state index in [0.29, 0.717) is 19.4 Å². The molecule has 0 aliphatic carbocycles. The summed E-state index contributed by atoms with van der Waals surface area (Å²) in [5.41, 5.74) is 1.11. The predicted molar refractivity (Wildman–Crippen MR) is 76.4 cm³/mol. The largest absolute Gasteiger partial charge is 0.463 e. The molecule has 0 N–H and O–H groups in total. The van der Waals surface area contributed by atoms with Crippen LogP contribution in [0.3, 0.4) is 0 Å². The summed E-state index contributed by atoms with van der Waals surface area (Å²) < 4.78 is 10.1. The van der Waals surface area contributed by atoms with Crippen LogP contribution in [0.2, 0.25) is 0 Å². The molecule has 20 heavy (non-hydrogen) atoms. The molecule has 0 saturated carbocycles. The minimum absolute atomic E-state index is 0.136. The van der Waals surface area contributed by atoms with Crippen LogP contribution in [0.4, 0.5) is 0 Å². The Morgan fingerprint density at radius 2 is 2.00 bits per heavy atom. The van der Waals surface area contributed by atoms with Crippen molar-refractivity contribution in [2.75, 3.05) is 13.7 Å². The van der Waals surface area contributed by atoms with E-state index in [4.69, 9.17) is 9.47 Å². The van der Waals surface area contributed by atoms with Gasteiger partial charge in [-0.15, -0.1) is 0 Å². The molecule has 0 amide bonds. The number of rotatable bonds is 9. The van der Waals surface area contributed by atoms with Gasteiger partial charge in [-0.2, -0.15) is 0 Å². The van der Waals surface area contributed by atoms with Crippen LogP contribution in [-0.2, 0) is 25.5 Å². The van der Waals surface area contributed by atoms with E-state index in [1.54, 1.807) is 7.11 Å². The monoisotopic (exact) mass is 278 g/mol. The number of aldehydes is 1. The summed E-state index contributed by atoms with van der Waals surface area (Å²) in [6, 6.07) is 9.83. The summed E-state index contributed by atoms with van der Waals surface area (Å²) in [5, 5.41) is 0. The van der Waals surface area contributed by atoms with Crippen LogP contribution in [0.5, 0.6) is 0 Å². The summed E-state index contributed by atoms with van der Waals surface area (Å²) >= 11 is 0. The maximum atomic E-state index is 11.4. The fourth-order valence-corrected chi connectivity index (χ4v) is 2.05. The van der Waals surface area contributed by atoms with Crippen LogP contribution >= 0.6 is 0 Å². The molecule has 4 heteroatoms. The fourth-order valence-electron chi connectivity index (χ4n) is 2.05. The van der Waals surface area contributed by atoms with E-state index in [-0.39, 0.29) is 24.4 Å². The van der Waals surface area contributed by atoms with Gasteiger partial charge < -0.3 is 14.3 Å². The highest BCUT2D eigenvalue weighted by atomic mass is 16.5. The lowest BCUT2D eigenvalue weighted by molar-refractivity contribution is -0.150. The van der Waals surface area contributed by atoms with Gasteiger partial charge >= 0.3 is 5.97 Å². The van der Waals surface area contributed by atoms with Crippen molar-refractivity contribution in [3.8, 4) is 0 Å². The number of hydrogen-bond acceptors (Lipinski definition) is 4. The second kappa shape index (κ2) is 9.26. The molecule has 110 valence electrons. The zero-order valence-corrected chi connectivity index (χ0v) is 12.1. The second-order valence-electron chi connectivity index (χ2n) is 4.86. The number of methoxy groups -OCH3 is 1. The molecule has 1 aromatic carbocycles. The predicted octanol–water partition coefficient (Wildman–Crippen LogP) is 2.40. The molecule has 2 atom stereocenters. The average Bonchev–Trinajstić information content (AvgIpc) is 2.45. The Morgan fingerprint density at radius 1 is 1.30 bits per heavy atom. The average molecular weight is 278 g/mol. The number of carbonyl (C=O) groups is 2. The van der Waals surface area contributed by atoms with Gasteiger partial charge in [0.25, 0.3) is 0 Å². The zero-order chi connectivity index (χ0) is 14.8. The molecular formula is C16H22O4. The van der Waals surface area contributed by atoms with Crippen molar-refractivity contribution in [1.82, 2.24) is 0 Å². The van der Waals surface area contributed by atoms with Crippen molar-refractivity contribution in [1.29, 1.82) is 0 Å². The van der Waals surface area contributed by atoms with E-state index >= 15 is 0 Å². The first-order chi connectivity index (χ1) is 9.65. The second-order valence-corrected chi connectivity index (χ2v) is 4.86. The lowest BCUT2D eigenvalue weighted by Gasteiger charge is -2.17. The molecule has 0 radical (unpaired) electrons. The van der Waals surface area contributed by atoms with E-state index in [2.05, 4.69) is 0 Å². The molecule has 0 aliphatic heterocycles. The molecule has 0 saturated heterocycles. The van der Waals surface area contributed by atoms with Crippen molar-refractivity contribution in [3.63, 3.8) is 0 Å². The first-order valence-electron chi connectivity index (χ1n) is 6.83. The lowest BCUT2D eigenvalue weighted by atomic mass is 9.95. The summed E-state index contributed by atoms with van der Waals surface area (Å²) in [6.07, 6.45) is 2.12. The third-order valence-electron chi connectivity index (χ3n) is 3.01. The Hall–Kier alpha value is -1.68. The van der Waals surface area contributed by atoms with Crippen LogP contribution in [0.15, 0.2) is 30.3 Å². The molecule has 1 rings (SSSR count). The molecule has 1 aromatic rings. The number of ether oxygens (including phenoxy) is 2. The van der Waals surface area contributed by atoms with E-state index in [1.165, 1.54) is 0 Å². The van der Waals surface area contributed by atoms with Gasteiger partial charge in [-0.05, 0) is 25.3 Å². The molecular weight excluding hydrogens is 256 g/mol. The SMILES string of the molecule is COCCC(=O)OC(C)CC(C=O)Cc1ccccc1. The number of esters is 1. The minimum Gasteiger partial charge on any atom is -0.463 e. The van der Waals surface area contributed by atoms with Crippen LogP contribution in [-0.4, -0.2) is 32.1 Å². The highest BCUT2D eigenvalue weighted by Crippen LogP contribution is 2.14. The van der Waals surface area contributed by atoms with E-state index in [9.17, 15) is 9.59 Å². The normalized spacial score (nSPS) is 13.5. The number of carbonyl (C=O) groups excluding carboxylic acids is 2. The molecule has 0 fully saturated rings. The highest BCUT2D eigenvalue weighted by molar-refractivity contribution is 5.69. The van der Waals surface area contributed by atoms with Crippen LogP contribution < -0.4 is 0 Å². The van der Waals surface area contributed by atoms with E-state index in [0.717, 1.165) is 11.8 Å². The van der Waals surface area contributed by atoms with Gasteiger partial charge in [0.05, 0.1) is 19.1 Å². The van der Waals surface area contributed by atoms with E-state index in [1.807, 2.05) is 37.3 Å². The maximum absolute atomic E-state index is 11.4. The van der Waals surface area contributed by atoms with Crippen LogP contribution in [0, 0.1) is 5.92 Å². The van der Waals surface area contributed by atoms with Crippen LogP contribution in [0.25, 0.3) is 0 Å². The molecule has 0 spiro atoms. The van der Waals surface area contributed by atoms with Gasteiger partial charge in [-0.1, -0.05) is 30.3 Å². The summed E-state index contributed by atoms with van der Waals surface area (Å²) in [7, 11) is 1.54. The molecule has 2 unspecified atom stereocenters. The zero-order valence-electron chi connectivity index (χ0n) is 12.1. The number of benzene rings is 1. The Morgan fingerprint density at radius 3 is 2.60 bits per heavy atom. The van der Waals surface area contributed by atoms with Crippen LogP contribution in [0.1, 0.15) is 25.3 Å². The first kappa shape index (κ1) is 16.4. The summed E-state index contributed by atoms with van der Waals surface area (Å²) in [6.45, 7) is 2.17. The van der Waals surface area contributed by atoms with Crippen molar-refractivity contribution in [3.05, 3.63) is 35.9 Å². The molecule has 0 aliphatic rings. The topological polar surface area (TPSA) is 52.6 Å². The molecule has 0 bridgehead atoms. The van der Waals surface area contributed by atoms with Gasteiger partial charge in [-0.3, -0.25) is 4.79 Å². The molecule has 0 heterocycles. The third kappa shape index (κ3) is 6.48.